The molecule has 1 heterocycles. The molecule has 0 radical (unpaired) electrons. The molecular weight excluding hydrogens is 250 g/mol. The van der Waals surface area contributed by atoms with E-state index in [1.54, 1.807) is 6.07 Å². The van der Waals surface area contributed by atoms with Crippen molar-refractivity contribution in [1.29, 1.82) is 0 Å². The minimum Gasteiger partial charge on any atom is -0.384 e. The van der Waals surface area contributed by atoms with Crippen LogP contribution < -0.4 is 10.0 Å². The van der Waals surface area contributed by atoms with Crippen LogP contribution in [0.15, 0.2) is 23.1 Å². The Morgan fingerprint density at radius 2 is 2.18 bits per heavy atom. The van der Waals surface area contributed by atoms with E-state index in [0.29, 0.717) is 0 Å². The first kappa shape index (κ1) is 12.3. The highest BCUT2D eigenvalue weighted by Crippen LogP contribution is 2.24. The zero-order valence-electron chi connectivity index (χ0n) is 8.91. The van der Waals surface area contributed by atoms with Crippen molar-refractivity contribution in [2.75, 3.05) is 18.4 Å². The van der Waals surface area contributed by atoms with Gasteiger partial charge in [-0.3, -0.25) is 0 Å². The molecule has 7 heteroatoms. The Kier molecular flexibility index (Phi) is 3.30. The molecule has 0 atom stereocenters. The number of benzene rings is 1. The molecule has 1 aromatic rings. The zero-order chi connectivity index (χ0) is 12.5. The van der Waals surface area contributed by atoms with E-state index in [-0.39, 0.29) is 4.90 Å². The molecule has 94 valence electrons. The lowest BCUT2D eigenvalue weighted by Crippen LogP contribution is -2.28. The summed E-state index contributed by atoms with van der Waals surface area (Å²) in [5.74, 6) is 0. The van der Waals surface area contributed by atoms with Crippen LogP contribution in [0.1, 0.15) is 5.56 Å². The van der Waals surface area contributed by atoms with Crippen LogP contribution in [0.25, 0.3) is 0 Å². The number of fused-ring (bicyclic) bond motifs is 1. The molecule has 0 aromatic heterocycles. The van der Waals surface area contributed by atoms with Crippen LogP contribution in [0, 0.1) is 0 Å². The van der Waals surface area contributed by atoms with Crippen LogP contribution in [-0.2, 0) is 16.4 Å². The average molecular weight is 262 g/mol. The van der Waals surface area contributed by atoms with Crippen LogP contribution in [-0.4, -0.2) is 27.9 Å². The Hall–Kier alpha value is -1.21. The van der Waals surface area contributed by atoms with Crippen molar-refractivity contribution in [2.24, 2.45) is 0 Å². The first-order valence-corrected chi connectivity index (χ1v) is 6.62. The number of hydrogen-bond donors (Lipinski definition) is 2. The van der Waals surface area contributed by atoms with E-state index in [0.717, 1.165) is 24.2 Å². The fourth-order valence-corrected chi connectivity index (χ4v) is 2.76. The summed E-state index contributed by atoms with van der Waals surface area (Å²) in [5, 5.41) is 3.09. The van der Waals surface area contributed by atoms with Crippen molar-refractivity contribution in [3.05, 3.63) is 23.8 Å². The maximum Gasteiger partial charge on any atom is 0.251 e. The molecule has 2 N–H and O–H groups in total. The first-order valence-electron chi connectivity index (χ1n) is 5.13. The molecule has 17 heavy (non-hydrogen) atoms. The average Bonchev–Trinajstić information content (AvgIpc) is 2.73. The Morgan fingerprint density at radius 1 is 1.41 bits per heavy atom. The molecular formula is C10H12F2N2O2S. The zero-order valence-corrected chi connectivity index (χ0v) is 9.73. The maximum absolute atomic E-state index is 12.0. The van der Waals surface area contributed by atoms with Gasteiger partial charge in [0.25, 0.3) is 6.43 Å². The fourth-order valence-electron chi connectivity index (χ4n) is 1.70. The van der Waals surface area contributed by atoms with Crippen LogP contribution in [0.2, 0.25) is 0 Å². The lowest BCUT2D eigenvalue weighted by atomic mass is 10.2. The summed E-state index contributed by atoms with van der Waals surface area (Å²) in [5.41, 5.74) is 1.79. The van der Waals surface area contributed by atoms with Gasteiger partial charge < -0.3 is 5.32 Å². The van der Waals surface area contributed by atoms with Gasteiger partial charge in [-0.25, -0.2) is 21.9 Å². The smallest absolute Gasteiger partial charge is 0.251 e. The van der Waals surface area contributed by atoms with E-state index < -0.39 is 23.0 Å². The third-order valence-corrected chi connectivity index (χ3v) is 3.95. The monoisotopic (exact) mass is 262 g/mol. The van der Waals surface area contributed by atoms with Crippen LogP contribution in [0.4, 0.5) is 14.5 Å². The van der Waals surface area contributed by atoms with Gasteiger partial charge in [0.2, 0.25) is 10.0 Å². The van der Waals surface area contributed by atoms with Gasteiger partial charge in [-0.2, -0.15) is 0 Å². The Balaban J connectivity index is 2.22. The number of hydrogen-bond acceptors (Lipinski definition) is 3. The quantitative estimate of drug-likeness (QED) is 0.857. The van der Waals surface area contributed by atoms with E-state index in [1.807, 2.05) is 4.72 Å². The molecule has 0 aliphatic carbocycles. The third kappa shape index (κ3) is 2.73. The van der Waals surface area contributed by atoms with Crippen LogP contribution in [0.3, 0.4) is 0 Å². The molecule has 0 unspecified atom stereocenters. The van der Waals surface area contributed by atoms with Crippen molar-refractivity contribution in [3.8, 4) is 0 Å². The largest absolute Gasteiger partial charge is 0.384 e. The van der Waals surface area contributed by atoms with E-state index in [1.165, 1.54) is 12.1 Å². The van der Waals surface area contributed by atoms with Crippen LogP contribution in [0.5, 0.6) is 0 Å². The van der Waals surface area contributed by atoms with E-state index >= 15 is 0 Å². The summed E-state index contributed by atoms with van der Waals surface area (Å²) < 4.78 is 49.1. The molecule has 0 fully saturated rings. The van der Waals surface area contributed by atoms with Gasteiger partial charge in [0, 0.05) is 12.2 Å². The molecule has 0 bridgehead atoms. The third-order valence-electron chi connectivity index (χ3n) is 2.52. The van der Waals surface area contributed by atoms with Gasteiger partial charge in [0.05, 0.1) is 11.4 Å². The van der Waals surface area contributed by atoms with E-state index in [9.17, 15) is 17.2 Å². The van der Waals surface area contributed by atoms with Crippen molar-refractivity contribution in [2.45, 2.75) is 17.7 Å². The Labute approximate surface area is 98.1 Å². The Bertz CT molecular complexity index is 517. The number of anilines is 1. The summed E-state index contributed by atoms with van der Waals surface area (Å²) in [6.45, 7) is -0.0963. The van der Waals surface area contributed by atoms with Crippen LogP contribution >= 0.6 is 0 Å². The second-order valence-electron chi connectivity index (χ2n) is 3.74. The lowest BCUT2D eigenvalue weighted by molar-refractivity contribution is 0.153. The summed E-state index contributed by atoms with van der Waals surface area (Å²) in [6.07, 6.45) is -1.95. The highest BCUT2D eigenvalue weighted by atomic mass is 32.2. The van der Waals surface area contributed by atoms with Crippen molar-refractivity contribution in [1.82, 2.24) is 4.72 Å². The summed E-state index contributed by atoms with van der Waals surface area (Å²) in [6, 6.07) is 4.58. The number of sulfonamides is 1. The predicted molar refractivity (Wildman–Crippen MR) is 59.8 cm³/mol. The van der Waals surface area contributed by atoms with Gasteiger partial charge in [-0.1, -0.05) is 0 Å². The lowest BCUT2D eigenvalue weighted by Gasteiger charge is -2.07. The molecule has 0 saturated heterocycles. The molecule has 1 aromatic carbocycles. The number of nitrogens with one attached hydrogen (secondary N) is 2. The molecule has 0 saturated carbocycles. The molecule has 0 spiro atoms. The highest BCUT2D eigenvalue weighted by Gasteiger charge is 2.19. The van der Waals surface area contributed by atoms with Crippen molar-refractivity contribution >= 4 is 15.7 Å². The second kappa shape index (κ2) is 4.58. The number of halogens is 2. The fraction of sp³-hybridized carbons (Fsp3) is 0.400. The topological polar surface area (TPSA) is 58.2 Å². The molecule has 2 rings (SSSR count). The van der Waals surface area contributed by atoms with Gasteiger partial charge in [-0.15, -0.1) is 0 Å². The predicted octanol–water partition coefficient (Wildman–Crippen LogP) is 1.20. The summed E-state index contributed by atoms with van der Waals surface area (Å²) in [7, 11) is -3.83. The van der Waals surface area contributed by atoms with E-state index in [2.05, 4.69) is 5.32 Å². The molecule has 1 aliphatic heterocycles. The van der Waals surface area contributed by atoms with Crippen molar-refractivity contribution in [3.63, 3.8) is 0 Å². The summed E-state index contributed by atoms with van der Waals surface area (Å²) in [4.78, 5) is 0.0283. The van der Waals surface area contributed by atoms with Gasteiger partial charge in [-0.05, 0) is 30.2 Å². The minimum absolute atomic E-state index is 0.0283. The standard InChI is InChI=1S/C10H12F2N2O2S/c11-10(12)6-14-17(15,16)8-1-2-9-7(5-8)3-4-13-9/h1-2,5,10,13-14H,3-4,6H2. The van der Waals surface area contributed by atoms with Crippen molar-refractivity contribution < 1.29 is 17.2 Å². The Morgan fingerprint density at radius 3 is 2.88 bits per heavy atom. The van der Waals surface area contributed by atoms with E-state index in [4.69, 9.17) is 0 Å². The number of alkyl halides is 2. The SMILES string of the molecule is O=S(=O)(NCC(F)F)c1ccc2c(c1)CCN2. The van der Waals surface area contributed by atoms with Gasteiger partial charge in [0.15, 0.2) is 0 Å². The molecule has 1 aliphatic rings. The summed E-state index contributed by atoms with van der Waals surface area (Å²) >= 11 is 0. The van der Waals surface area contributed by atoms with Gasteiger partial charge in [0.1, 0.15) is 0 Å². The maximum atomic E-state index is 12.0. The highest BCUT2D eigenvalue weighted by molar-refractivity contribution is 7.89. The number of rotatable bonds is 4. The minimum atomic E-state index is -3.83. The normalized spacial score (nSPS) is 14.8. The molecule has 4 nitrogen and oxygen atoms in total. The molecule has 0 amide bonds. The first-order chi connectivity index (χ1) is 7.99. The van der Waals surface area contributed by atoms with Gasteiger partial charge >= 0.3 is 0 Å². The second-order valence-corrected chi connectivity index (χ2v) is 5.51.